The van der Waals surface area contributed by atoms with E-state index in [-0.39, 0.29) is 11.9 Å². The highest BCUT2D eigenvalue weighted by molar-refractivity contribution is 5.55. The Morgan fingerprint density at radius 2 is 2.19 bits per heavy atom. The average molecular weight is 294 g/mol. The molecule has 1 aromatic carbocycles. The van der Waals surface area contributed by atoms with Crippen molar-refractivity contribution in [1.82, 2.24) is 5.32 Å². The maximum atomic E-state index is 14.4. The molecule has 2 rings (SSSR count). The van der Waals surface area contributed by atoms with Crippen LogP contribution in [-0.4, -0.2) is 32.3 Å². The van der Waals surface area contributed by atoms with Gasteiger partial charge < -0.3 is 15.0 Å². The summed E-state index contributed by atoms with van der Waals surface area (Å²) >= 11 is 0. The highest BCUT2D eigenvalue weighted by Gasteiger charge is 2.28. The summed E-state index contributed by atoms with van der Waals surface area (Å²) in [6.45, 7) is 8.73. The molecule has 118 valence electrons. The van der Waals surface area contributed by atoms with Crippen LogP contribution in [0.3, 0.4) is 0 Å². The van der Waals surface area contributed by atoms with Gasteiger partial charge >= 0.3 is 0 Å². The molecule has 1 saturated heterocycles. The molecular formula is C17H27FN2O. The van der Waals surface area contributed by atoms with Gasteiger partial charge in [0, 0.05) is 32.8 Å². The Morgan fingerprint density at radius 1 is 1.43 bits per heavy atom. The minimum absolute atomic E-state index is 0.137. The Balaban J connectivity index is 2.21. The van der Waals surface area contributed by atoms with Crippen molar-refractivity contribution in [3.05, 3.63) is 29.6 Å². The number of rotatable bonds is 5. The monoisotopic (exact) mass is 294 g/mol. The Kier molecular flexibility index (Phi) is 5.59. The lowest BCUT2D eigenvalue weighted by Gasteiger charge is -2.38. The van der Waals surface area contributed by atoms with Gasteiger partial charge in [-0.2, -0.15) is 0 Å². The molecule has 4 heteroatoms. The number of para-hydroxylation sites is 1. The van der Waals surface area contributed by atoms with Crippen molar-refractivity contribution in [1.29, 1.82) is 0 Å². The van der Waals surface area contributed by atoms with Gasteiger partial charge in [-0.25, -0.2) is 4.39 Å². The number of halogens is 1. The summed E-state index contributed by atoms with van der Waals surface area (Å²) in [5.41, 5.74) is 1.76. The molecule has 0 amide bonds. The molecule has 0 aromatic heterocycles. The lowest BCUT2D eigenvalue weighted by Crippen LogP contribution is -2.44. The molecular weight excluding hydrogens is 267 g/mol. The van der Waals surface area contributed by atoms with Gasteiger partial charge in [0.25, 0.3) is 0 Å². The Labute approximate surface area is 127 Å². The number of benzene rings is 1. The van der Waals surface area contributed by atoms with Gasteiger partial charge in [-0.05, 0) is 24.0 Å². The van der Waals surface area contributed by atoms with Crippen LogP contribution in [0.4, 0.5) is 10.1 Å². The zero-order valence-corrected chi connectivity index (χ0v) is 13.5. The average Bonchev–Trinajstić information content (AvgIpc) is 2.46. The lowest BCUT2D eigenvalue weighted by molar-refractivity contribution is 0.0496. The number of hydrogen-bond donors (Lipinski definition) is 1. The molecule has 1 fully saturated rings. The summed E-state index contributed by atoms with van der Waals surface area (Å²) in [5.74, 6) is 0.387. The van der Waals surface area contributed by atoms with E-state index in [1.54, 1.807) is 19.2 Å². The Morgan fingerprint density at radius 3 is 2.86 bits per heavy atom. The maximum Gasteiger partial charge on any atom is 0.146 e. The topological polar surface area (TPSA) is 24.5 Å². The van der Waals surface area contributed by atoms with E-state index >= 15 is 0 Å². The second-order valence-electron chi connectivity index (χ2n) is 6.27. The van der Waals surface area contributed by atoms with Gasteiger partial charge in [0.2, 0.25) is 0 Å². The fraction of sp³-hybridized carbons (Fsp3) is 0.647. The van der Waals surface area contributed by atoms with Gasteiger partial charge in [-0.3, -0.25) is 0 Å². The minimum Gasteiger partial charge on any atom is -0.379 e. The van der Waals surface area contributed by atoms with E-state index in [0.717, 1.165) is 30.8 Å². The first-order valence-corrected chi connectivity index (χ1v) is 7.81. The summed E-state index contributed by atoms with van der Waals surface area (Å²) in [6.07, 6.45) is 1.20. The number of hydrogen-bond acceptors (Lipinski definition) is 3. The van der Waals surface area contributed by atoms with Crippen molar-refractivity contribution in [2.24, 2.45) is 5.92 Å². The molecule has 0 radical (unpaired) electrons. The second kappa shape index (κ2) is 7.23. The smallest absolute Gasteiger partial charge is 0.146 e. The van der Waals surface area contributed by atoms with Gasteiger partial charge in [0.1, 0.15) is 5.82 Å². The molecule has 21 heavy (non-hydrogen) atoms. The van der Waals surface area contributed by atoms with Crippen molar-refractivity contribution in [2.45, 2.75) is 45.9 Å². The first kappa shape index (κ1) is 16.2. The third-order valence-corrected chi connectivity index (χ3v) is 4.28. The lowest BCUT2D eigenvalue weighted by atomic mass is 9.94. The zero-order chi connectivity index (χ0) is 15.4. The van der Waals surface area contributed by atoms with Crippen LogP contribution in [-0.2, 0) is 11.3 Å². The summed E-state index contributed by atoms with van der Waals surface area (Å²) in [7, 11) is 1.74. The Hall–Kier alpha value is -1.13. The molecule has 0 bridgehead atoms. The molecule has 0 spiro atoms. The van der Waals surface area contributed by atoms with E-state index in [1.807, 2.05) is 6.07 Å². The second-order valence-corrected chi connectivity index (χ2v) is 6.27. The molecule has 2 atom stereocenters. The minimum atomic E-state index is -0.137. The van der Waals surface area contributed by atoms with E-state index in [0.29, 0.717) is 18.5 Å². The van der Waals surface area contributed by atoms with Gasteiger partial charge in [0.05, 0.1) is 11.8 Å². The van der Waals surface area contributed by atoms with Crippen molar-refractivity contribution in [3.63, 3.8) is 0 Å². The van der Waals surface area contributed by atoms with E-state index < -0.39 is 0 Å². The molecule has 1 aliphatic heterocycles. The first-order chi connectivity index (χ1) is 10.0. The molecule has 1 aliphatic rings. The summed E-state index contributed by atoms with van der Waals surface area (Å²) in [5, 5.41) is 3.38. The quantitative estimate of drug-likeness (QED) is 0.902. The predicted molar refractivity (Wildman–Crippen MR) is 85.2 cm³/mol. The number of nitrogens with zero attached hydrogens (tertiary/aromatic N) is 1. The standard InChI is InChI=1S/C17H27FN2O/c1-12(2)19-10-14-6-5-7-15(18)17(14)20-9-8-13(3)16(11-20)21-4/h5-7,12-13,16,19H,8-11H2,1-4H3. The van der Waals surface area contributed by atoms with Gasteiger partial charge in [-0.15, -0.1) is 0 Å². The van der Waals surface area contributed by atoms with Crippen LogP contribution in [0, 0.1) is 11.7 Å². The van der Waals surface area contributed by atoms with Crippen molar-refractivity contribution >= 4 is 5.69 Å². The molecule has 1 aromatic rings. The maximum absolute atomic E-state index is 14.4. The summed E-state index contributed by atoms with van der Waals surface area (Å²) in [4.78, 5) is 2.14. The van der Waals surface area contributed by atoms with Crippen LogP contribution in [0.1, 0.15) is 32.8 Å². The van der Waals surface area contributed by atoms with Gasteiger partial charge in [0.15, 0.2) is 0 Å². The van der Waals surface area contributed by atoms with Crippen LogP contribution in [0.15, 0.2) is 18.2 Å². The van der Waals surface area contributed by atoms with E-state index in [2.05, 4.69) is 31.0 Å². The highest BCUT2D eigenvalue weighted by Crippen LogP contribution is 2.30. The van der Waals surface area contributed by atoms with Crippen molar-refractivity contribution in [3.8, 4) is 0 Å². The summed E-state index contributed by atoms with van der Waals surface area (Å²) < 4.78 is 19.9. The van der Waals surface area contributed by atoms with Crippen molar-refractivity contribution in [2.75, 3.05) is 25.1 Å². The number of methoxy groups -OCH3 is 1. The van der Waals surface area contributed by atoms with Crippen LogP contribution in [0.25, 0.3) is 0 Å². The SMILES string of the molecule is COC1CN(c2c(F)cccc2CNC(C)C)CCC1C. The number of anilines is 1. The Bertz CT molecular complexity index is 464. The largest absolute Gasteiger partial charge is 0.379 e. The molecule has 1 N–H and O–H groups in total. The van der Waals surface area contributed by atoms with Crippen LogP contribution in [0.2, 0.25) is 0 Å². The highest BCUT2D eigenvalue weighted by atomic mass is 19.1. The fourth-order valence-electron chi connectivity index (χ4n) is 2.91. The van der Waals surface area contributed by atoms with Crippen LogP contribution >= 0.6 is 0 Å². The van der Waals surface area contributed by atoms with E-state index in [1.165, 1.54) is 0 Å². The number of nitrogens with one attached hydrogen (secondary N) is 1. The van der Waals surface area contributed by atoms with Crippen molar-refractivity contribution < 1.29 is 9.13 Å². The number of piperidine rings is 1. The third-order valence-electron chi connectivity index (χ3n) is 4.28. The molecule has 0 aliphatic carbocycles. The van der Waals surface area contributed by atoms with E-state index in [4.69, 9.17) is 4.74 Å². The van der Waals surface area contributed by atoms with Crippen LogP contribution < -0.4 is 10.2 Å². The predicted octanol–water partition coefficient (Wildman–Crippen LogP) is 3.18. The fourth-order valence-corrected chi connectivity index (χ4v) is 2.91. The third kappa shape index (κ3) is 3.95. The van der Waals surface area contributed by atoms with Gasteiger partial charge in [-0.1, -0.05) is 32.9 Å². The molecule has 1 heterocycles. The molecule has 2 unspecified atom stereocenters. The normalized spacial score (nSPS) is 22.9. The number of ether oxygens (including phenoxy) is 1. The molecule has 0 saturated carbocycles. The van der Waals surface area contributed by atoms with E-state index in [9.17, 15) is 4.39 Å². The summed E-state index contributed by atoms with van der Waals surface area (Å²) in [6, 6.07) is 5.73. The molecule has 3 nitrogen and oxygen atoms in total. The zero-order valence-electron chi connectivity index (χ0n) is 13.5. The van der Waals surface area contributed by atoms with Crippen LogP contribution in [0.5, 0.6) is 0 Å². The first-order valence-electron chi connectivity index (χ1n) is 7.81.